The molecule has 0 bridgehead atoms. The molecule has 0 radical (unpaired) electrons. The van der Waals surface area contributed by atoms with E-state index in [0.717, 1.165) is 59.1 Å². The lowest BCUT2D eigenvalue weighted by Gasteiger charge is -2.23. The van der Waals surface area contributed by atoms with Gasteiger partial charge >= 0.3 is 0 Å². The molecule has 0 amide bonds. The predicted molar refractivity (Wildman–Crippen MR) is 139 cm³/mol. The van der Waals surface area contributed by atoms with Crippen molar-refractivity contribution in [2.45, 2.75) is 40.5 Å². The molecule has 0 fully saturated rings. The molecule has 0 aliphatic carbocycles. The van der Waals surface area contributed by atoms with Crippen LogP contribution in [0.25, 0.3) is 11.4 Å². The zero-order valence-corrected chi connectivity index (χ0v) is 20.0. The van der Waals surface area contributed by atoms with Crippen LogP contribution in [0.4, 0.5) is 5.69 Å². The molecule has 1 aromatic heterocycles. The van der Waals surface area contributed by atoms with Crippen LogP contribution in [-0.2, 0) is 0 Å². The Balaban J connectivity index is 2.40. The molecule has 6 nitrogen and oxygen atoms in total. The first-order valence-electron chi connectivity index (χ1n) is 11.0. The van der Waals surface area contributed by atoms with Crippen molar-refractivity contribution in [3.05, 3.63) is 59.4 Å². The normalized spacial score (nSPS) is 13.2. The fraction of sp³-hybridized carbons (Fsp3) is 0.385. The monoisotopic (exact) mass is 432 g/mol. The maximum absolute atomic E-state index is 5.59. The number of nitrogens with one attached hydrogen (secondary N) is 1. The molecule has 32 heavy (non-hydrogen) atoms. The molecular formula is C26H36N6. The average Bonchev–Trinajstić information content (AvgIpc) is 2.76. The zero-order valence-electron chi connectivity index (χ0n) is 20.0. The van der Waals surface area contributed by atoms with Gasteiger partial charge in [0.05, 0.1) is 22.8 Å². The lowest BCUT2D eigenvalue weighted by molar-refractivity contribution is 0.406. The van der Waals surface area contributed by atoms with Crippen LogP contribution in [0.2, 0.25) is 0 Å². The standard InChI is InChI=1S/C26H36N6/c1-19-9-7-11-23(32-19)25(29-6)24(31-18-26(2,3)4)20-12-14-21(15-13-20)30-17-22(28-5)10-8-16-27/h7,9,11-15,17,31H,6,8,10,16,18,27H2,1-5H3/b25-24-,28-22?,30-17?. The highest BCUT2D eigenvalue weighted by Crippen LogP contribution is 2.27. The van der Waals surface area contributed by atoms with Gasteiger partial charge < -0.3 is 11.1 Å². The summed E-state index contributed by atoms with van der Waals surface area (Å²) in [5.41, 5.74) is 11.9. The molecular weight excluding hydrogens is 396 g/mol. The van der Waals surface area contributed by atoms with Crippen molar-refractivity contribution in [1.29, 1.82) is 0 Å². The minimum absolute atomic E-state index is 0.0984. The number of aliphatic imine (C=N–C) groups is 3. The number of hydrogen-bond donors (Lipinski definition) is 2. The predicted octanol–water partition coefficient (Wildman–Crippen LogP) is 5.06. The van der Waals surface area contributed by atoms with E-state index < -0.39 is 0 Å². The van der Waals surface area contributed by atoms with Crippen molar-refractivity contribution in [2.24, 2.45) is 26.1 Å². The summed E-state index contributed by atoms with van der Waals surface area (Å²) in [6.45, 7) is 13.8. The van der Waals surface area contributed by atoms with Crippen molar-refractivity contribution in [2.75, 3.05) is 20.1 Å². The van der Waals surface area contributed by atoms with Crippen LogP contribution in [0, 0.1) is 12.3 Å². The number of aryl methyl sites for hydroxylation is 1. The molecule has 2 rings (SSSR count). The van der Waals surface area contributed by atoms with Gasteiger partial charge in [-0.3, -0.25) is 20.0 Å². The van der Waals surface area contributed by atoms with E-state index in [4.69, 9.17) is 5.73 Å². The average molecular weight is 433 g/mol. The summed E-state index contributed by atoms with van der Waals surface area (Å²) in [4.78, 5) is 17.9. The van der Waals surface area contributed by atoms with E-state index in [9.17, 15) is 0 Å². The second kappa shape index (κ2) is 12.1. The fourth-order valence-corrected chi connectivity index (χ4v) is 3.02. The van der Waals surface area contributed by atoms with Gasteiger partial charge in [0.1, 0.15) is 5.70 Å². The summed E-state index contributed by atoms with van der Waals surface area (Å²) in [5, 5.41) is 3.58. The van der Waals surface area contributed by atoms with Gasteiger partial charge in [0, 0.05) is 31.1 Å². The molecule has 3 N–H and O–H groups in total. The highest BCUT2D eigenvalue weighted by Gasteiger charge is 2.16. The summed E-state index contributed by atoms with van der Waals surface area (Å²) in [5.74, 6) is 0. The van der Waals surface area contributed by atoms with Gasteiger partial charge in [-0.15, -0.1) is 0 Å². The van der Waals surface area contributed by atoms with Gasteiger partial charge in [0.15, 0.2) is 0 Å². The van der Waals surface area contributed by atoms with Crippen LogP contribution in [0.3, 0.4) is 0 Å². The number of hydrogen-bond acceptors (Lipinski definition) is 6. The van der Waals surface area contributed by atoms with Gasteiger partial charge in [-0.25, -0.2) is 0 Å². The summed E-state index contributed by atoms with van der Waals surface area (Å²) in [6.07, 6.45) is 3.54. The van der Waals surface area contributed by atoms with Gasteiger partial charge in [-0.05, 0) is 62.7 Å². The first-order valence-corrected chi connectivity index (χ1v) is 11.0. The van der Waals surface area contributed by atoms with Crippen LogP contribution in [0.5, 0.6) is 0 Å². The van der Waals surface area contributed by atoms with Crippen molar-refractivity contribution in [3.63, 3.8) is 0 Å². The van der Waals surface area contributed by atoms with Gasteiger partial charge in [-0.2, -0.15) is 0 Å². The van der Waals surface area contributed by atoms with E-state index in [1.165, 1.54) is 0 Å². The van der Waals surface area contributed by atoms with E-state index in [0.29, 0.717) is 6.54 Å². The Bertz CT molecular complexity index is 978. The molecule has 0 spiro atoms. The van der Waals surface area contributed by atoms with E-state index in [2.05, 4.69) is 52.8 Å². The second-order valence-corrected chi connectivity index (χ2v) is 8.87. The highest BCUT2D eigenvalue weighted by atomic mass is 14.9. The van der Waals surface area contributed by atoms with Gasteiger partial charge in [-0.1, -0.05) is 39.0 Å². The number of nitrogens with two attached hydrogens (primary N) is 1. The van der Waals surface area contributed by atoms with E-state index in [1.807, 2.05) is 55.6 Å². The molecule has 2 aromatic rings. The molecule has 1 aromatic carbocycles. The maximum Gasteiger partial charge on any atom is 0.112 e. The highest BCUT2D eigenvalue weighted by molar-refractivity contribution is 6.31. The van der Waals surface area contributed by atoms with Crippen LogP contribution < -0.4 is 11.1 Å². The zero-order chi connectivity index (χ0) is 23.6. The Morgan fingerprint density at radius 2 is 1.88 bits per heavy atom. The molecule has 0 unspecified atom stereocenters. The quantitative estimate of drug-likeness (QED) is 0.514. The Hall–Kier alpha value is -3.12. The Morgan fingerprint density at radius 1 is 1.16 bits per heavy atom. The first-order chi connectivity index (χ1) is 15.3. The Morgan fingerprint density at radius 3 is 2.44 bits per heavy atom. The minimum atomic E-state index is 0.0984. The minimum Gasteiger partial charge on any atom is -0.382 e. The van der Waals surface area contributed by atoms with Crippen LogP contribution in [0.1, 0.15) is 50.6 Å². The van der Waals surface area contributed by atoms with Gasteiger partial charge in [0.2, 0.25) is 0 Å². The number of aromatic nitrogens is 1. The lowest BCUT2D eigenvalue weighted by Crippen LogP contribution is -2.26. The topological polar surface area (TPSA) is 88.0 Å². The van der Waals surface area contributed by atoms with E-state index >= 15 is 0 Å². The third-order valence-corrected chi connectivity index (χ3v) is 4.76. The number of nitrogens with zero attached hydrogens (tertiary/aromatic N) is 4. The molecule has 6 heteroatoms. The Labute approximate surface area is 192 Å². The summed E-state index contributed by atoms with van der Waals surface area (Å²) in [6, 6.07) is 14.0. The second-order valence-electron chi connectivity index (χ2n) is 8.87. The van der Waals surface area contributed by atoms with E-state index in [-0.39, 0.29) is 5.41 Å². The van der Waals surface area contributed by atoms with Crippen molar-refractivity contribution in [3.8, 4) is 0 Å². The smallest absolute Gasteiger partial charge is 0.112 e. The Kier molecular flexibility index (Phi) is 9.47. The van der Waals surface area contributed by atoms with Crippen LogP contribution in [-0.4, -0.2) is 43.8 Å². The third kappa shape index (κ3) is 7.85. The van der Waals surface area contributed by atoms with Gasteiger partial charge in [0.25, 0.3) is 0 Å². The molecule has 170 valence electrons. The maximum atomic E-state index is 5.59. The SMILES string of the molecule is C=N/C(=C(\NCC(C)(C)C)c1ccc(N=CC(CCCN)=NC)cc1)c1cccc(C)n1. The molecule has 1 heterocycles. The fourth-order valence-electron chi connectivity index (χ4n) is 3.02. The van der Waals surface area contributed by atoms with Crippen molar-refractivity contribution < 1.29 is 0 Å². The van der Waals surface area contributed by atoms with Crippen molar-refractivity contribution >= 4 is 35.7 Å². The molecule has 0 saturated carbocycles. The number of pyridine rings is 1. The first kappa shape index (κ1) is 25.1. The lowest BCUT2D eigenvalue weighted by atomic mass is 9.96. The third-order valence-electron chi connectivity index (χ3n) is 4.76. The number of benzene rings is 1. The summed E-state index contributed by atoms with van der Waals surface area (Å²) >= 11 is 0. The molecule has 0 aliphatic rings. The molecule has 0 aliphatic heterocycles. The molecule has 0 atom stereocenters. The molecule has 0 saturated heterocycles. The summed E-state index contributed by atoms with van der Waals surface area (Å²) < 4.78 is 0. The summed E-state index contributed by atoms with van der Waals surface area (Å²) in [7, 11) is 1.78. The van der Waals surface area contributed by atoms with Crippen LogP contribution >= 0.6 is 0 Å². The number of rotatable bonds is 10. The van der Waals surface area contributed by atoms with E-state index in [1.54, 1.807) is 7.05 Å². The largest absolute Gasteiger partial charge is 0.382 e. The van der Waals surface area contributed by atoms with Crippen molar-refractivity contribution in [1.82, 2.24) is 10.3 Å². The van der Waals surface area contributed by atoms with Crippen LogP contribution in [0.15, 0.2) is 57.4 Å².